The molecule has 1 heterocycles. The topological polar surface area (TPSA) is 83.4 Å². The zero-order valence-electron chi connectivity index (χ0n) is 13.2. The molecule has 2 rings (SSSR count). The molecular formula is C16H19N3O3S. The first kappa shape index (κ1) is 17.1. The van der Waals surface area contributed by atoms with Gasteiger partial charge in [-0.1, -0.05) is 12.1 Å². The molecule has 1 aromatic carbocycles. The minimum absolute atomic E-state index is 0.0441. The van der Waals surface area contributed by atoms with Crippen molar-refractivity contribution in [3.63, 3.8) is 0 Å². The molecule has 3 N–H and O–H groups in total. The number of hydrogen-bond donors (Lipinski definition) is 3. The minimum Gasteiger partial charge on any atom is -0.503 e. The van der Waals surface area contributed by atoms with E-state index >= 15 is 0 Å². The monoisotopic (exact) mass is 333 g/mol. The first-order valence-electron chi connectivity index (χ1n) is 7.04. The molecule has 122 valence electrons. The molecule has 2 aromatic rings. The zero-order valence-corrected chi connectivity index (χ0v) is 14.0. The summed E-state index contributed by atoms with van der Waals surface area (Å²) in [6, 6.07) is 9.34. The first-order chi connectivity index (χ1) is 10.9. The summed E-state index contributed by atoms with van der Waals surface area (Å²) in [4.78, 5) is 24.7. The number of benzene rings is 1. The highest BCUT2D eigenvalue weighted by atomic mass is 32.2. The van der Waals surface area contributed by atoms with E-state index in [1.54, 1.807) is 7.05 Å². The van der Waals surface area contributed by atoms with Crippen LogP contribution < -0.4 is 15.5 Å². The van der Waals surface area contributed by atoms with Crippen molar-refractivity contribution in [1.29, 1.82) is 0 Å². The fourth-order valence-corrected chi connectivity index (χ4v) is 2.93. The van der Waals surface area contributed by atoms with Crippen LogP contribution in [0.25, 0.3) is 0 Å². The lowest BCUT2D eigenvalue weighted by Gasteiger charge is -2.15. The van der Waals surface area contributed by atoms with Crippen molar-refractivity contribution in [2.75, 3.05) is 7.05 Å². The largest absolute Gasteiger partial charge is 0.503 e. The van der Waals surface area contributed by atoms with Gasteiger partial charge in [0.1, 0.15) is 0 Å². The number of nitrogens with zero attached hydrogens (tertiary/aromatic N) is 1. The number of carbonyl (C=O) groups is 1. The molecule has 0 aliphatic rings. The molecule has 0 spiro atoms. The van der Waals surface area contributed by atoms with Gasteiger partial charge in [-0.25, -0.2) is 0 Å². The Balaban J connectivity index is 2.19. The molecule has 7 heteroatoms. The van der Waals surface area contributed by atoms with E-state index < -0.39 is 17.1 Å². The van der Waals surface area contributed by atoms with Crippen molar-refractivity contribution < 1.29 is 9.90 Å². The molecule has 23 heavy (non-hydrogen) atoms. The zero-order chi connectivity index (χ0) is 17.0. The molecule has 0 radical (unpaired) electrons. The fourth-order valence-electron chi connectivity index (χ4n) is 2.16. The first-order valence-corrected chi connectivity index (χ1v) is 7.86. The van der Waals surface area contributed by atoms with Gasteiger partial charge in [0.15, 0.2) is 11.4 Å². The number of aryl methyl sites for hydroxylation is 1. The Hall–Kier alpha value is -2.25. The maximum absolute atomic E-state index is 11.8. The Bertz CT molecular complexity index is 787. The molecule has 0 fully saturated rings. The highest BCUT2D eigenvalue weighted by Gasteiger charge is 2.18. The molecule has 0 bridgehead atoms. The van der Waals surface area contributed by atoms with Gasteiger partial charge in [-0.15, -0.1) is 0 Å². The molecule has 6 nitrogen and oxygen atoms in total. The highest BCUT2D eigenvalue weighted by Crippen LogP contribution is 2.17. The predicted molar refractivity (Wildman–Crippen MR) is 90.6 cm³/mol. The normalized spacial score (nSPS) is 10.6. The Labute approximate surface area is 138 Å². The van der Waals surface area contributed by atoms with E-state index in [1.807, 2.05) is 31.2 Å². The van der Waals surface area contributed by atoms with Crippen LogP contribution in [0.2, 0.25) is 0 Å². The lowest BCUT2D eigenvalue weighted by Crippen LogP contribution is -2.27. The van der Waals surface area contributed by atoms with E-state index in [0.29, 0.717) is 12.2 Å². The van der Waals surface area contributed by atoms with E-state index in [9.17, 15) is 14.7 Å². The van der Waals surface area contributed by atoms with Gasteiger partial charge in [-0.05, 0) is 36.6 Å². The van der Waals surface area contributed by atoms with Crippen LogP contribution in [0.5, 0.6) is 5.75 Å². The minimum atomic E-state index is -0.570. The molecule has 0 saturated carbocycles. The number of nitrogens with one attached hydrogen (secondary N) is 2. The number of pyridine rings is 1. The standard InChI is InChI=1S/C16H19N3O3S/c1-10-5-4-6-12(7-10)23-18-9-11-8-13(20)15(21)14(19(11)3)16(22)17-2/h4-8,18,21H,9H2,1-3H3,(H,17,22). The summed E-state index contributed by atoms with van der Waals surface area (Å²) in [5, 5.41) is 12.2. The summed E-state index contributed by atoms with van der Waals surface area (Å²) < 4.78 is 4.67. The van der Waals surface area contributed by atoms with Gasteiger partial charge in [0.25, 0.3) is 5.91 Å². The Morgan fingerprint density at radius 2 is 2.09 bits per heavy atom. The molecule has 0 saturated heterocycles. The second kappa shape index (κ2) is 7.34. The van der Waals surface area contributed by atoms with E-state index in [-0.39, 0.29) is 5.69 Å². The molecule has 1 amide bonds. The number of rotatable bonds is 5. The maximum Gasteiger partial charge on any atom is 0.271 e. The molecule has 0 atom stereocenters. The van der Waals surface area contributed by atoms with Crippen molar-refractivity contribution in [1.82, 2.24) is 14.6 Å². The number of carbonyl (C=O) groups excluding carboxylic acids is 1. The van der Waals surface area contributed by atoms with E-state index in [2.05, 4.69) is 10.0 Å². The van der Waals surface area contributed by atoms with Crippen LogP contribution in [0.15, 0.2) is 40.0 Å². The Kier molecular flexibility index (Phi) is 5.46. The van der Waals surface area contributed by atoms with Crippen LogP contribution in [-0.2, 0) is 13.6 Å². The van der Waals surface area contributed by atoms with Crippen molar-refractivity contribution in [3.05, 3.63) is 57.5 Å². The number of aromatic nitrogens is 1. The maximum atomic E-state index is 11.8. The lowest BCUT2D eigenvalue weighted by atomic mass is 10.2. The van der Waals surface area contributed by atoms with Gasteiger partial charge in [0.05, 0.1) is 0 Å². The second-order valence-electron chi connectivity index (χ2n) is 5.07. The molecular weight excluding hydrogens is 314 g/mol. The van der Waals surface area contributed by atoms with Crippen molar-refractivity contribution in [2.24, 2.45) is 7.05 Å². The average Bonchev–Trinajstić information content (AvgIpc) is 2.52. The van der Waals surface area contributed by atoms with Gasteiger partial charge in [-0.3, -0.25) is 14.3 Å². The van der Waals surface area contributed by atoms with Crippen LogP contribution in [-0.4, -0.2) is 22.6 Å². The van der Waals surface area contributed by atoms with Crippen molar-refractivity contribution in [2.45, 2.75) is 18.4 Å². The van der Waals surface area contributed by atoms with Gasteiger partial charge >= 0.3 is 0 Å². The third-order valence-corrected chi connectivity index (χ3v) is 4.17. The quantitative estimate of drug-likeness (QED) is 0.723. The second-order valence-corrected chi connectivity index (χ2v) is 6.04. The summed E-state index contributed by atoms with van der Waals surface area (Å²) in [5.41, 5.74) is 1.15. The Morgan fingerprint density at radius 1 is 1.35 bits per heavy atom. The summed E-state index contributed by atoms with van der Waals surface area (Å²) in [6.07, 6.45) is 0. The van der Waals surface area contributed by atoms with Gasteiger partial charge < -0.3 is 15.0 Å². The summed E-state index contributed by atoms with van der Waals surface area (Å²) in [7, 11) is 3.09. The Morgan fingerprint density at radius 3 is 2.74 bits per heavy atom. The van der Waals surface area contributed by atoms with Crippen molar-refractivity contribution in [3.8, 4) is 5.75 Å². The number of aromatic hydroxyl groups is 1. The van der Waals surface area contributed by atoms with Gasteiger partial charge in [0.2, 0.25) is 5.43 Å². The molecule has 0 unspecified atom stereocenters. The average molecular weight is 333 g/mol. The van der Waals surface area contributed by atoms with Crippen LogP contribution in [0.1, 0.15) is 21.7 Å². The molecule has 0 aliphatic heterocycles. The van der Waals surface area contributed by atoms with E-state index in [4.69, 9.17) is 0 Å². The van der Waals surface area contributed by atoms with Crippen molar-refractivity contribution >= 4 is 17.9 Å². The smallest absolute Gasteiger partial charge is 0.271 e. The van der Waals surface area contributed by atoms with Crippen LogP contribution in [0.3, 0.4) is 0 Å². The molecule has 0 aliphatic carbocycles. The van der Waals surface area contributed by atoms with Gasteiger partial charge in [0, 0.05) is 37.3 Å². The van der Waals surface area contributed by atoms with E-state index in [1.165, 1.54) is 29.6 Å². The molecule has 1 aromatic heterocycles. The third-order valence-electron chi connectivity index (χ3n) is 3.40. The third kappa shape index (κ3) is 3.94. The van der Waals surface area contributed by atoms with Gasteiger partial charge in [-0.2, -0.15) is 0 Å². The lowest BCUT2D eigenvalue weighted by molar-refractivity contribution is 0.0950. The SMILES string of the molecule is CNC(=O)c1c(O)c(=O)cc(CNSc2cccc(C)c2)n1C. The predicted octanol–water partition coefficient (Wildman–Crippen LogP) is 1.56. The summed E-state index contributed by atoms with van der Waals surface area (Å²) in [6.45, 7) is 2.39. The van der Waals surface area contributed by atoms with Crippen LogP contribution in [0.4, 0.5) is 0 Å². The van der Waals surface area contributed by atoms with Crippen LogP contribution >= 0.6 is 11.9 Å². The van der Waals surface area contributed by atoms with Crippen LogP contribution in [0, 0.1) is 6.92 Å². The fraction of sp³-hybridized carbons (Fsp3) is 0.250. The number of hydrogen-bond acceptors (Lipinski definition) is 5. The number of amides is 1. The summed E-state index contributed by atoms with van der Waals surface area (Å²) >= 11 is 1.44. The summed E-state index contributed by atoms with van der Waals surface area (Å²) in [5.74, 6) is -1.04. The highest BCUT2D eigenvalue weighted by molar-refractivity contribution is 7.97. The van der Waals surface area contributed by atoms with E-state index in [0.717, 1.165) is 10.5 Å².